The number of halogens is 3. The van der Waals surface area contributed by atoms with Gasteiger partial charge in [-0.3, -0.25) is 4.79 Å². The number of carbonyl (C=O) groups is 1. The van der Waals surface area contributed by atoms with Crippen molar-refractivity contribution in [2.24, 2.45) is 0 Å². The summed E-state index contributed by atoms with van der Waals surface area (Å²) in [5.74, 6) is 0.0736. The van der Waals surface area contributed by atoms with Crippen LogP contribution in [0.3, 0.4) is 0 Å². The molecule has 0 saturated carbocycles. The Labute approximate surface area is 193 Å². The minimum Gasteiger partial charge on any atom is -0.491 e. The number of fused-ring (bicyclic) bond motifs is 1. The molecule has 0 spiro atoms. The fraction of sp³-hybridized carbons (Fsp3) is 0.304. The van der Waals surface area contributed by atoms with E-state index in [1.165, 1.54) is 18.3 Å². The van der Waals surface area contributed by atoms with E-state index >= 15 is 0 Å². The highest BCUT2D eigenvalue weighted by Crippen LogP contribution is 2.34. The summed E-state index contributed by atoms with van der Waals surface area (Å²) in [6, 6.07) is 8.20. The number of ether oxygens (including phenoxy) is 3. The molecule has 0 unspecified atom stereocenters. The first-order valence-corrected chi connectivity index (χ1v) is 10.5. The molecule has 0 fully saturated rings. The second kappa shape index (κ2) is 9.94. The molecule has 3 heterocycles. The van der Waals surface area contributed by atoms with Crippen LogP contribution in [-0.2, 0) is 6.42 Å². The van der Waals surface area contributed by atoms with Gasteiger partial charge in [0.15, 0.2) is 6.61 Å². The number of hydrogen-bond acceptors (Lipinski definition) is 7. The monoisotopic (exact) mass is 474 g/mol. The summed E-state index contributed by atoms with van der Waals surface area (Å²) in [5, 5.41) is 2.88. The van der Waals surface area contributed by atoms with E-state index in [1.807, 2.05) is 25.1 Å². The summed E-state index contributed by atoms with van der Waals surface area (Å²) in [5.41, 5.74) is 2.76. The molecular formula is C23H21F3N4O4. The van der Waals surface area contributed by atoms with Crippen molar-refractivity contribution in [1.29, 1.82) is 0 Å². The summed E-state index contributed by atoms with van der Waals surface area (Å²) < 4.78 is 52.5. The number of carbonyl (C=O) groups excluding carboxylic acids is 1. The van der Waals surface area contributed by atoms with Crippen LogP contribution in [0.25, 0.3) is 11.1 Å². The average molecular weight is 474 g/mol. The Morgan fingerprint density at radius 3 is 2.59 bits per heavy atom. The highest BCUT2D eigenvalue weighted by molar-refractivity contribution is 5.94. The summed E-state index contributed by atoms with van der Waals surface area (Å²) in [4.78, 5) is 24.8. The minimum atomic E-state index is -4.47. The molecule has 0 radical (unpaired) electrons. The first-order chi connectivity index (χ1) is 16.3. The number of nitrogens with zero attached hydrogens (tertiary/aromatic N) is 3. The number of alkyl halides is 3. The fourth-order valence-electron chi connectivity index (χ4n) is 3.45. The molecule has 1 aliphatic rings. The zero-order valence-corrected chi connectivity index (χ0v) is 18.1. The molecule has 1 amide bonds. The average Bonchev–Trinajstić information content (AvgIpc) is 2.83. The maximum Gasteiger partial charge on any atom is 0.422 e. The minimum absolute atomic E-state index is 0.193. The van der Waals surface area contributed by atoms with Crippen LogP contribution in [-0.4, -0.2) is 52.9 Å². The van der Waals surface area contributed by atoms with Gasteiger partial charge >= 0.3 is 12.2 Å². The quantitative estimate of drug-likeness (QED) is 0.559. The van der Waals surface area contributed by atoms with Gasteiger partial charge in [-0.25, -0.2) is 15.0 Å². The summed E-state index contributed by atoms with van der Waals surface area (Å²) in [6.07, 6.45) is 0.547. The third-order valence-corrected chi connectivity index (χ3v) is 4.95. The number of rotatable bonds is 7. The smallest absolute Gasteiger partial charge is 0.422 e. The van der Waals surface area contributed by atoms with Gasteiger partial charge in [0.25, 0.3) is 5.91 Å². The van der Waals surface area contributed by atoms with Crippen LogP contribution in [0.15, 0.2) is 48.9 Å². The molecule has 8 nitrogen and oxygen atoms in total. The summed E-state index contributed by atoms with van der Waals surface area (Å²) in [7, 11) is 0. The van der Waals surface area contributed by atoms with Crippen LogP contribution in [0.2, 0.25) is 0 Å². The van der Waals surface area contributed by atoms with Crippen molar-refractivity contribution in [3.8, 4) is 28.8 Å². The van der Waals surface area contributed by atoms with Gasteiger partial charge in [-0.05, 0) is 24.6 Å². The zero-order valence-electron chi connectivity index (χ0n) is 18.1. The fourth-order valence-corrected chi connectivity index (χ4v) is 3.45. The lowest BCUT2D eigenvalue weighted by Crippen LogP contribution is -2.42. The van der Waals surface area contributed by atoms with E-state index in [1.54, 1.807) is 12.4 Å². The van der Waals surface area contributed by atoms with Crippen molar-refractivity contribution in [1.82, 2.24) is 20.3 Å². The van der Waals surface area contributed by atoms with Crippen LogP contribution in [0, 0.1) is 0 Å². The lowest BCUT2D eigenvalue weighted by atomic mass is 9.94. The van der Waals surface area contributed by atoms with E-state index in [-0.39, 0.29) is 24.1 Å². The molecule has 1 atom stereocenters. The van der Waals surface area contributed by atoms with E-state index in [4.69, 9.17) is 9.47 Å². The highest BCUT2D eigenvalue weighted by atomic mass is 19.4. The Morgan fingerprint density at radius 1 is 1.12 bits per heavy atom. The van der Waals surface area contributed by atoms with E-state index in [0.29, 0.717) is 24.8 Å². The van der Waals surface area contributed by atoms with Crippen LogP contribution >= 0.6 is 0 Å². The van der Waals surface area contributed by atoms with E-state index in [0.717, 1.165) is 16.7 Å². The van der Waals surface area contributed by atoms with Gasteiger partial charge in [-0.2, -0.15) is 13.2 Å². The molecule has 1 aromatic carbocycles. The van der Waals surface area contributed by atoms with Crippen molar-refractivity contribution in [2.45, 2.75) is 25.6 Å². The summed E-state index contributed by atoms with van der Waals surface area (Å²) >= 11 is 0. The molecule has 0 bridgehead atoms. The van der Waals surface area contributed by atoms with Crippen molar-refractivity contribution < 1.29 is 32.2 Å². The second-order valence-electron chi connectivity index (χ2n) is 7.44. The highest BCUT2D eigenvalue weighted by Gasteiger charge is 2.29. The third kappa shape index (κ3) is 5.72. The largest absolute Gasteiger partial charge is 0.491 e. The maximum atomic E-state index is 12.6. The van der Waals surface area contributed by atoms with Gasteiger partial charge in [0.1, 0.15) is 12.4 Å². The van der Waals surface area contributed by atoms with Gasteiger partial charge < -0.3 is 19.5 Å². The topological polar surface area (TPSA) is 95.5 Å². The van der Waals surface area contributed by atoms with Gasteiger partial charge in [-0.1, -0.05) is 12.1 Å². The van der Waals surface area contributed by atoms with Crippen LogP contribution in [0.5, 0.6) is 17.6 Å². The number of pyridine rings is 1. The van der Waals surface area contributed by atoms with Crippen LogP contribution < -0.4 is 19.5 Å². The molecule has 4 rings (SSSR count). The molecule has 1 N–H and O–H groups in total. The Kier molecular flexibility index (Phi) is 6.80. The molecule has 2 aromatic heterocycles. The van der Waals surface area contributed by atoms with Crippen molar-refractivity contribution in [2.75, 3.05) is 19.8 Å². The Bertz CT molecular complexity index is 1140. The lowest BCUT2D eigenvalue weighted by Gasteiger charge is -2.28. The second-order valence-corrected chi connectivity index (χ2v) is 7.44. The standard InChI is InChI=1S/C23H21F3N4O4/c1-2-32-22-28-10-15(11-29-22)17-4-3-5-19-18(17)8-16(12-33-19)30-21(31)14-6-7-20(27-9-14)34-13-23(24,25)26/h3-7,9-11,16H,2,8,12-13H2,1H3,(H,30,31)/t16-/m0/s1. The number of aromatic nitrogens is 3. The van der Waals surface area contributed by atoms with E-state index < -0.39 is 18.7 Å². The predicted octanol–water partition coefficient (Wildman–Crippen LogP) is 3.61. The lowest BCUT2D eigenvalue weighted by molar-refractivity contribution is -0.154. The maximum absolute atomic E-state index is 12.6. The molecule has 34 heavy (non-hydrogen) atoms. The van der Waals surface area contributed by atoms with E-state index in [9.17, 15) is 18.0 Å². The van der Waals surface area contributed by atoms with E-state index in [2.05, 4.69) is 25.0 Å². The Balaban J connectivity index is 1.43. The van der Waals surface area contributed by atoms with Crippen LogP contribution in [0.4, 0.5) is 13.2 Å². The van der Waals surface area contributed by atoms with Crippen LogP contribution in [0.1, 0.15) is 22.8 Å². The number of amides is 1. The zero-order chi connectivity index (χ0) is 24.1. The van der Waals surface area contributed by atoms with Gasteiger partial charge in [0.2, 0.25) is 5.88 Å². The van der Waals surface area contributed by atoms with Crippen molar-refractivity contribution >= 4 is 5.91 Å². The predicted molar refractivity (Wildman–Crippen MR) is 115 cm³/mol. The SMILES string of the molecule is CCOc1ncc(-c2cccc3c2C[C@H](NC(=O)c2ccc(OCC(F)(F)F)nc2)CO3)cn1. The van der Waals surface area contributed by atoms with Crippen molar-refractivity contribution in [3.05, 3.63) is 60.0 Å². The third-order valence-electron chi connectivity index (χ3n) is 4.95. The number of benzene rings is 1. The first kappa shape index (κ1) is 23.3. The first-order valence-electron chi connectivity index (χ1n) is 10.5. The molecule has 0 aliphatic carbocycles. The molecule has 0 saturated heterocycles. The Morgan fingerprint density at radius 2 is 1.91 bits per heavy atom. The summed E-state index contributed by atoms with van der Waals surface area (Å²) in [6.45, 7) is 1.13. The Hall–Kier alpha value is -3.89. The van der Waals surface area contributed by atoms with Gasteiger partial charge in [0.05, 0.1) is 18.2 Å². The molecular weight excluding hydrogens is 453 g/mol. The molecule has 1 aliphatic heterocycles. The molecule has 3 aromatic rings. The molecule has 178 valence electrons. The normalized spacial score (nSPS) is 15.1. The van der Waals surface area contributed by atoms with Crippen molar-refractivity contribution in [3.63, 3.8) is 0 Å². The number of nitrogens with one attached hydrogen (secondary N) is 1. The molecule has 11 heteroatoms. The van der Waals surface area contributed by atoms with Gasteiger partial charge in [0, 0.05) is 42.2 Å². The van der Waals surface area contributed by atoms with Gasteiger partial charge in [-0.15, -0.1) is 0 Å². The number of hydrogen-bond donors (Lipinski definition) is 1.